The summed E-state index contributed by atoms with van der Waals surface area (Å²) in [5.74, 6) is -0.257. The van der Waals surface area contributed by atoms with Gasteiger partial charge in [0.2, 0.25) is 0 Å². The number of nitrogens with zero attached hydrogens (tertiary/aromatic N) is 1. The number of carbonyl (C=O) groups is 1. The van der Waals surface area contributed by atoms with Crippen LogP contribution < -0.4 is 0 Å². The van der Waals surface area contributed by atoms with Gasteiger partial charge in [-0.3, -0.25) is 4.90 Å². The molecule has 0 atom stereocenters. The maximum Gasteiger partial charge on any atom is 0.330 e. The van der Waals surface area contributed by atoms with Crippen LogP contribution in [0.2, 0.25) is 0 Å². The molecule has 0 aliphatic carbocycles. The zero-order valence-corrected chi connectivity index (χ0v) is 9.28. The van der Waals surface area contributed by atoms with Gasteiger partial charge in [-0.2, -0.15) is 0 Å². The van der Waals surface area contributed by atoms with Crippen LogP contribution in [-0.2, 0) is 14.3 Å². The molecule has 0 aromatic rings. The summed E-state index contributed by atoms with van der Waals surface area (Å²) in [6, 6.07) is 0. The number of ether oxygens (including phenoxy) is 2. The predicted octanol–water partition coefficient (Wildman–Crippen LogP) is 1.18. The second-order valence-corrected chi connectivity index (χ2v) is 3.53. The number of rotatable bonds is 5. The molecule has 1 aliphatic heterocycles. The average molecular weight is 213 g/mol. The van der Waals surface area contributed by atoms with Gasteiger partial charge in [-0.15, -0.1) is 0 Å². The third-order valence-corrected chi connectivity index (χ3v) is 2.20. The molecule has 0 bridgehead atoms. The summed E-state index contributed by atoms with van der Waals surface area (Å²) in [6.07, 6.45) is 5.08. The van der Waals surface area contributed by atoms with Crippen LogP contribution in [0, 0.1) is 0 Å². The summed E-state index contributed by atoms with van der Waals surface area (Å²) in [5, 5.41) is 0. The fourth-order valence-corrected chi connectivity index (χ4v) is 1.47. The molecule has 4 heteroatoms. The first-order valence-electron chi connectivity index (χ1n) is 5.42. The zero-order valence-electron chi connectivity index (χ0n) is 9.28. The number of esters is 1. The van der Waals surface area contributed by atoms with Gasteiger partial charge in [0.1, 0.15) is 0 Å². The lowest BCUT2D eigenvalue weighted by Gasteiger charge is -2.26. The molecule has 0 spiro atoms. The van der Waals surface area contributed by atoms with E-state index in [1.165, 1.54) is 6.08 Å². The molecule has 1 fully saturated rings. The van der Waals surface area contributed by atoms with E-state index in [9.17, 15) is 4.79 Å². The number of hydrogen-bond acceptors (Lipinski definition) is 4. The van der Waals surface area contributed by atoms with Crippen LogP contribution in [0.25, 0.3) is 0 Å². The quantitative estimate of drug-likeness (QED) is 0.390. The van der Waals surface area contributed by atoms with Crippen LogP contribution in [0.15, 0.2) is 12.2 Å². The van der Waals surface area contributed by atoms with Gasteiger partial charge in [0.25, 0.3) is 0 Å². The molecule has 15 heavy (non-hydrogen) atoms. The molecule has 0 aromatic carbocycles. The highest BCUT2D eigenvalue weighted by atomic mass is 16.5. The van der Waals surface area contributed by atoms with Crippen molar-refractivity contribution in [1.29, 1.82) is 0 Å². The maximum atomic E-state index is 10.9. The van der Waals surface area contributed by atoms with Crippen molar-refractivity contribution < 1.29 is 14.3 Å². The fraction of sp³-hybridized carbons (Fsp3) is 0.727. The molecule has 4 nitrogen and oxygen atoms in total. The molecule has 0 aromatic heterocycles. The van der Waals surface area contributed by atoms with E-state index in [1.54, 1.807) is 13.0 Å². The van der Waals surface area contributed by atoms with Crippen molar-refractivity contribution >= 4 is 5.97 Å². The first-order valence-corrected chi connectivity index (χ1v) is 5.42. The first-order chi connectivity index (χ1) is 7.33. The third kappa shape index (κ3) is 5.54. The Balaban J connectivity index is 1.98. The minimum atomic E-state index is -0.257. The molecular weight excluding hydrogens is 194 g/mol. The topological polar surface area (TPSA) is 38.8 Å². The highest BCUT2D eigenvalue weighted by molar-refractivity contribution is 5.81. The Labute approximate surface area is 90.8 Å². The van der Waals surface area contributed by atoms with Crippen molar-refractivity contribution in [3.63, 3.8) is 0 Å². The van der Waals surface area contributed by atoms with Gasteiger partial charge in [-0.25, -0.2) is 4.79 Å². The zero-order chi connectivity index (χ0) is 10.9. The van der Waals surface area contributed by atoms with Crippen molar-refractivity contribution in [2.75, 3.05) is 33.0 Å². The molecule has 0 unspecified atom stereocenters. The molecule has 0 saturated carbocycles. The summed E-state index contributed by atoms with van der Waals surface area (Å²) >= 11 is 0. The van der Waals surface area contributed by atoms with Crippen LogP contribution >= 0.6 is 0 Å². The molecule has 1 aliphatic rings. The van der Waals surface area contributed by atoms with Crippen LogP contribution in [0.5, 0.6) is 0 Å². The Morgan fingerprint density at radius 2 is 2.47 bits per heavy atom. The molecule has 1 heterocycles. The largest absolute Gasteiger partial charge is 0.462 e. The van der Waals surface area contributed by atoms with Crippen molar-refractivity contribution in [2.24, 2.45) is 0 Å². The van der Waals surface area contributed by atoms with E-state index in [0.717, 1.165) is 32.5 Å². The van der Waals surface area contributed by atoms with E-state index in [4.69, 9.17) is 9.47 Å². The molecular formula is C11H19NO3. The van der Waals surface area contributed by atoms with Crippen LogP contribution in [0.1, 0.15) is 19.8 Å². The summed E-state index contributed by atoms with van der Waals surface area (Å²) in [7, 11) is 0. The van der Waals surface area contributed by atoms with E-state index < -0.39 is 0 Å². The van der Waals surface area contributed by atoms with Gasteiger partial charge in [-0.05, 0) is 19.8 Å². The SMILES string of the molecule is CC=CC(=O)OCCCN1CCCOC1. The number of hydrogen-bond donors (Lipinski definition) is 0. The Kier molecular flexibility index (Phi) is 6.04. The van der Waals surface area contributed by atoms with Crippen LogP contribution in [0.3, 0.4) is 0 Å². The van der Waals surface area contributed by atoms with E-state index in [2.05, 4.69) is 4.90 Å². The minimum absolute atomic E-state index is 0.257. The Morgan fingerprint density at radius 1 is 1.60 bits per heavy atom. The summed E-state index contributed by atoms with van der Waals surface area (Å²) in [5.41, 5.74) is 0. The lowest BCUT2D eigenvalue weighted by Crippen LogP contribution is -2.34. The monoisotopic (exact) mass is 213 g/mol. The Hall–Kier alpha value is -0.870. The molecule has 0 radical (unpaired) electrons. The number of allylic oxidation sites excluding steroid dienone is 1. The fourth-order valence-electron chi connectivity index (χ4n) is 1.47. The smallest absolute Gasteiger partial charge is 0.330 e. The van der Waals surface area contributed by atoms with Gasteiger partial charge >= 0.3 is 5.97 Å². The summed E-state index contributed by atoms with van der Waals surface area (Å²) in [6.45, 7) is 5.88. The van der Waals surface area contributed by atoms with Gasteiger partial charge in [0.05, 0.1) is 13.3 Å². The second-order valence-electron chi connectivity index (χ2n) is 3.53. The summed E-state index contributed by atoms with van der Waals surface area (Å²) < 4.78 is 10.3. The highest BCUT2D eigenvalue weighted by Crippen LogP contribution is 2.01. The van der Waals surface area contributed by atoms with E-state index in [0.29, 0.717) is 13.3 Å². The number of carbonyl (C=O) groups excluding carboxylic acids is 1. The van der Waals surface area contributed by atoms with E-state index in [1.807, 2.05) is 0 Å². The van der Waals surface area contributed by atoms with Gasteiger partial charge in [-0.1, -0.05) is 6.08 Å². The van der Waals surface area contributed by atoms with Crippen LogP contribution in [0.4, 0.5) is 0 Å². The average Bonchev–Trinajstić information content (AvgIpc) is 2.26. The predicted molar refractivity (Wildman–Crippen MR) is 57.4 cm³/mol. The normalized spacial score (nSPS) is 18.2. The lowest BCUT2D eigenvalue weighted by molar-refractivity contribution is -0.138. The Morgan fingerprint density at radius 3 is 3.13 bits per heavy atom. The molecule has 1 rings (SSSR count). The minimum Gasteiger partial charge on any atom is -0.462 e. The van der Waals surface area contributed by atoms with Gasteiger partial charge in [0, 0.05) is 25.8 Å². The Bertz CT molecular complexity index is 210. The molecule has 86 valence electrons. The highest BCUT2D eigenvalue weighted by Gasteiger charge is 2.09. The first kappa shape index (κ1) is 12.2. The molecule has 1 saturated heterocycles. The lowest BCUT2D eigenvalue weighted by atomic mass is 10.3. The van der Waals surface area contributed by atoms with Crippen molar-refractivity contribution in [1.82, 2.24) is 4.90 Å². The van der Waals surface area contributed by atoms with Crippen molar-refractivity contribution in [3.05, 3.63) is 12.2 Å². The third-order valence-electron chi connectivity index (χ3n) is 2.20. The maximum absolute atomic E-state index is 10.9. The molecule has 0 amide bonds. The second kappa shape index (κ2) is 7.43. The van der Waals surface area contributed by atoms with Gasteiger partial charge in [0.15, 0.2) is 0 Å². The summed E-state index contributed by atoms with van der Waals surface area (Å²) in [4.78, 5) is 13.2. The van der Waals surface area contributed by atoms with Gasteiger partial charge < -0.3 is 9.47 Å². The van der Waals surface area contributed by atoms with Crippen LogP contribution in [-0.4, -0.2) is 43.9 Å². The van der Waals surface area contributed by atoms with E-state index in [-0.39, 0.29) is 5.97 Å². The van der Waals surface area contributed by atoms with Crippen molar-refractivity contribution in [2.45, 2.75) is 19.8 Å². The molecule has 0 N–H and O–H groups in total. The standard InChI is InChI=1S/C11H19NO3/c1-2-5-11(13)15-9-4-7-12-6-3-8-14-10-12/h2,5H,3-4,6-10H2,1H3. The van der Waals surface area contributed by atoms with Crippen molar-refractivity contribution in [3.8, 4) is 0 Å². The van der Waals surface area contributed by atoms with E-state index >= 15 is 0 Å².